The van der Waals surface area contributed by atoms with Crippen molar-refractivity contribution in [2.24, 2.45) is 0 Å². The molecular weight excluding hydrogens is 404 g/mol. The minimum Gasteiger partial charge on any atom is -0.459 e. The maximum atomic E-state index is 14.7. The molecule has 0 bridgehead atoms. The molecule has 0 aliphatic carbocycles. The predicted octanol–water partition coefficient (Wildman–Crippen LogP) is 3.84. The Hall–Kier alpha value is -3.42. The van der Waals surface area contributed by atoms with Gasteiger partial charge in [-0.25, -0.2) is 8.78 Å². The first-order valence-electron chi connectivity index (χ1n) is 10.1. The van der Waals surface area contributed by atoms with Gasteiger partial charge in [0.2, 0.25) is 5.91 Å². The van der Waals surface area contributed by atoms with Crippen molar-refractivity contribution < 1.29 is 22.8 Å². The molecule has 4 rings (SSSR count). The molecule has 2 amide bonds. The lowest BCUT2D eigenvalue weighted by molar-refractivity contribution is -0.135. The van der Waals surface area contributed by atoms with E-state index in [4.69, 9.17) is 4.42 Å². The number of halogens is 2. The van der Waals surface area contributed by atoms with Gasteiger partial charge in [0, 0.05) is 42.7 Å². The highest BCUT2D eigenvalue weighted by Gasteiger charge is 2.35. The summed E-state index contributed by atoms with van der Waals surface area (Å²) in [5.74, 6) is -1.96. The molecule has 0 fully saturated rings. The number of rotatable bonds is 5. The zero-order valence-corrected chi connectivity index (χ0v) is 17.3. The average Bonchev–Trinajstić information content (AvgIpc) is 3.42. The van der Waals surface area contributed by atoms with Crippen molar-refractivity contribution in [3.05, 3.63) is 83.6 Å². The fourth-order valence-corrected chi connectivity index (χ4v) is 3.97. The summed E-state index contributed by atoms with van der Waals surface area (Å²) < 4.78 is 35.4. The van der Waals surface area contributed by atoms with Gasteiger partial charge >= 0.3 is 0 Å². The molecule has 31 heavy (non-hydrogen) atoms. The van der Waals surface area contributed by atoms with Crippen molar-refractivity contribution in [3.63, 3.8) is 0 Å². The average molecular weight is 427 g/mol. The predicted molar refractivity (Wildman–Crippen MR) is 109 cm³/mol. The molecule has 0 N–H and O–H groups in total. The second-order valence-corrected chi connectivity index (χ2v) is 7.79. The summed E-state index contributed by atoms with van der Waals surface area (Å²) in [6.45, 7) is 4.32. The van der Waals surface area contributed by atoms with Crippen LogP contribution in [0.25, 0.3) is 0 Å². The largest absolute Gasteiger partial charge is 0.459 e. The van der Waals surface area contributed by atoms with Crippen LogP contribution in [0.3, 0.4) is 0 Å². The van der Waals surface area contributed by atoms with Gasteiger partial charge in [-0.1, -0.05) is 6.07 Å². The first-order valence-corrected chi connectivity index (χ1v) is 10.1. The van der Waals surface area contributed by atoms with E-state index in [1.165, 1.54) is 23.3 Å². The number of aromatic nitrogens is 1. The van der Waals surface area contributed by atoms with Gasteiger partial charge in [0.25, 0.3) is 5.91 Å². The van der Waals surface area contributed by atoms with Gasteiger partial charge in [-0.3, -0.25) is 9.59 Å². The lowest BCUT2D eigenvalue weighted by atomic mass is 9.99. The molecule has 0 saturated heterocycles. The van der Waals surface area contributed by atoms with Crippen LogP contribution in [-0.2, 0) is 11.3 Å². The highest BCUT2D eigenvalue weighted by molar-refractivity contribution is 5.94. The summed E-state index contributed by atoms with van der Waals surface area (Å²) in [7, 11) is 0. The monoisotopic (exact) mass is 427 g/mol. The second kappa shape index (κ2) is 8.37. The van der Waals surface area contributed by atoms with Crippen molar-refractivity contribution in [2.45, 2.75) is 32.5 Å². The summed E-state index contributed by atoms with van der Waals surface area (Å²) in [5, 5.41) is 0. The maximum Gasteiger partial charge on any atom is 0.290 e. The van der Waals surface area contributed by atoms with Crippen molar-refractivity contribution in [3.8, 4) is 0 Å². The molecule has 0 radical (unpaired) electrons. The van der Waals surface area contributed by atoms with Gasteiger partial charge < -0.3 is 18.8 Å². The molecule has 1 atom stereocenters. The van der Waals surface area contributed by atoms with Crippen LogP contribution in [0.1, 0.15) is 41.7 Å². The Kier molecular flexibility index (Phi) is 5.63. The molecular formula is C23H23F2N3O3. The molecule has 3 heterocycles. The molecule has 162 valence electrons. The Morgan fingerprint density at radius 2 is 1.97 bits per heavy atom. The Labute approximate surface area is 178 Å². The standard InChI is InChI=1S/C23H23F2N3O3/c1-15(2)28(23(30)20-6-4-12-31-20)14-21(29)27-11-10-26-9-3-5-19(26)22(27)17-8-7-16(24)13-18(17)25/h3-9,12-13,15,22H,10-11,14H2,1-2H3. The van der Waals surface area contributed by atoms with Crippen LogP contribution in [0.2, 0.25) is 0 Å². The highest BCUT2D eigenvalue weighted by Crippen LogP contribution is 2.34. The van der Waals surface area contributed by atoms with Gasteiger partial charge in [-0.2, -0.15) is 0 Å². The normalized spacial score (nSPS) is 15.8. The summed E-state index contributed by atoms with van der Waals surface area (Å²) >= 11 is 0. The quantitative estimate of drug-likeness (QED) is 0.622. The third-order valence-corrected chi connectivity index (χ3v) is 5.54. The van der Waals surface area contributed by atoms with E-state index in [0.717, 1.165) is 11.8 Å². The van der Waals surface area contributed by atoms with Crippen LogP contribution in [0.15, 0.2) is 59.3 Å². The Morgan fingerprint density at radius 1 is 1.16 bits per heavy atom. The minimum absolute atomic E-state index is 0.148. The Balaban J connectivity index is 1.66. The number of fused-ring (bicyclic) bond motifs is 1. The van der Waals surface area contributed by atoms with Gasteiger partial charge in [-0.15, -0.1) is 0 Å². The van der Waals surface area contributed by atoms with Gasteiger partial charge in [0.05, 0.1) is 6.26 Å². The first-order chi connectivity index (χ1) is 14.9. The SMILES string of the molecule is CC(C)N(CC(=O)N1CCn2cccc2C1c1ccc(F)cc1F)C(=O)c1ccco1. The van der Waals surface area contributed by atoms with Crippen LogP contribution >= 0.6 is 0 Å². The molecule has 0 saturated carbocycles. The zero-order valence-electron chi connectivity index (χ0n) is 17.3. The third-order valence-electron chi connectivity index (χ3n) is 5.54. The van der Waals surface area contributed by atoms with E-state index in [1.807, 2.05) is 36.7 Å². The van der Waals surface area contributed by atoms with E-state index in [9.17, 15) is 18.4 Å². The van der Waals surface area contributed by atoms with E-state index in [-0.39, 0.29) is 29.8 Å². The summed E-state index contributed by atoms with van der Waals surface area (Å²) in [5.41, 5.74) is 0.946. The van der Waals surface area contributed by atoms with E-state index in [1.54, 1.807) is 17.0 Å². The smallest absolute Gasteiger partial charge is 0.290 e. The van der Waals surface area contributed by atoms with Crippen LogP contribution in [-0.4, -0.2) is 45.3 Å². The number of carbonyl (C=O) groups excluding carboxylic acids is 2. The summed E-state index contributed by atoms with van der Waals surface area (Å²) in [6, 6.07) is 9.21. The van der Waals surface area contributed by atoms with E-state index in [2.05, 4.69) is 0 Å². The molecule has 1 unspecified atom stereocenters. The van der Waals surface area contributed by atoms with Crippen LogP contribution in [0.4, 0.5) is 8.78 Å². The Morgan fingerprint density at radius 3 is 2.65 bits per heavy atom. The molecule has 6 nitrogen and oxygen atoms in total. The number of amides is 2. The highest BCUT2D eigenvalue weighted by atomic mass is 19.1. The molecule has 0 spiro atoms. The second-order valence-electron chi connectivity index (χ2n) is 7.79. The lowest BCUT2D eigenvalue weighted by Crippen LogP contribution is -2.49. The van der Waals surface area contributed by atoms with Crippen molar-refractivity contribution in [1.29, 1.82) is 0 Å². The van der Waals surface area contributed by atoms with Gasteiger partial charge in [0.1, 0.15) is 24.2 Å². The number of hydrogen-bond acceptors (Lipinski definition) is 3. The molecule has 2 aromatic heterocycles. The third kappa shape index (κ3) is 3.97. The topological polar surface area (TPSA) is 58.7 Å². The number of furan rings is 1. The van der Waals surface area contributed by atoms with Crippen LogP contribution in [0, 0.1) is 11.6 Å². The number of nitrogens with zero attached hydrogens (tertiary/aromatic N) is 3. The fraction of sp³-hybridized carbons (Fsp3) is 0.304. The molecule has 1 aliphatic heterocycles. The van der Waals surface area contributed by atoms with Crippen molar-refractivity contribution in [2.75, 3.05) is 13.1 Å². The van der Waals surface area contributed by atoms with Crippen LogP contribution < -0.4 is 0 Å². The minimum atomic E-state index is -0.718. The van der Waals surface area contributed by atoms with E-state index >= 15 is 0 Å². The summed E-state index contributed by atoms with van der Waals surface area (Å²) in [6.07, 6.45) is 3.27. The zero-order chi connectivity index (χ0) is 22.1. The molecule has 8 heteroatoms. The molecule has 1 aromatic carbocycles. The number of benzene rings is 1. The number of carbonyl (C=O) groups is 2. The number of hydrogen-bond donors (Lipinski definition) is 0. The van der Waals surface area contributed by atoms with Crippen molar-refractivity contribution in [1.82, 2.24) is 14.4 Å². The van der Waals surface area contributed by atoms with Crippen molar-refractivity contribution >= 4 is 11.8 Å². The maximum absolute atomic E-state index is 14.7. The summed E-state index contributed by atoms with van der Waals surface area (Å²) in [4.78, 5) is 29.2. The van der Waals surface area contributed by atoms with E-state index in [0.29, 0.717) is 13.1 Å². The van der Waals surface area contributed by atoms with Gasteiger partial charge in [0.15, 0.2) is 5.76 Å². The Bertz CT molecular complexity index is 1090. The van der Waals surface area contributed by atoms with E-state index < -0.39 is 23.6 Å². The molecule has 1 aliphatic rings. The first kappa shape index (κ1) is 20.8. The fourth-order valence-electron chi connectivity index (χ4n) is 3.97. The van der Waals surface area contributed by atoms with Crippen LogP contribution in [0.5, 0.6) is 0 Å². The molecule has 3 aromatic rings. The lowest BCUT2D eigenvalue weighted by Gasteiger charge is -2.39. The van der Waals surface area contributed by atoms with Gasteiger partial charge in [-0.05, 0) is 44.2 Å².